The maximum absolute atomic E-state index is 12.5. The van der Waals surface area contributed by atoms with Crippen molar-refractivity contribution in [2.45, 2.75) is 70.0 Å². The van der Waals surface area contributed by atoms with Crippen molar-refractivity contribution < 1.29 is 9.53 Å². The Labute approximate surface area is 179 Å². The van der Waals surface area contributed by atoms with Crippen LogP contribution in [-0.2, 0) is 11.3 Å². The molecule has 2 amide bonds. The Morgan fingerprint density at radius 1 is 0.966 bits per heavy atom. The lowest BCUT2D eigenvalue weighted by molar-refractivity contribution is -0.00863. The molecule has 0 bridgehead atoms. The number of halogens is 1. The first-order chi connectivity index (χ1) is 14.1. The molecular weight excluding hydrogens is 386 g/mol. The molecule has 2 N–H and O–H groups in total. The zero-order valence-electron chi connectivity index (χ0n) is 17.3. The number of hydrogen-bond donors (Lipinski definition) is 2. The van der Waals surface area contributed by atoms with Gasteiger partial charge in [-0.15, -0.1) is 0 Å². The first-order valence-corrected chi connectivity index (χ1v) is 11.6. The molecule has 0 atom stereocenters. The minimum absolute atomic E-state index is 0.0223. The molecule has 1 aromatic carbocycles. The molecular formula is C23H34ClN3O2. The maximum Gasteiger partial charge on any atom is 0.315 e. The van der Waals surface area contributed by atoms with Crippen LogP contribution in [0.4, 0.5) is 4.79 Å². The summed E-state index contributed by atoms with van der Waals surface area (Å²) in [6.07, 6.45) is 9.07. The highest BCUT2D eigenvalue weighted by Crippen LogP contribution is 2.44. The number of amides is 2. The summed E-state index contributed by atoms with van der Waals surface area (Å²) < 4.78 is 5.53. The summed E-state index contributed by atoms with van der Waals surface area (Å²) in [4.78, 5) is 14.9. The van der Waals surface area contributed by atoms with Gasteiger partial charge in [0.25, 0.3) is 0 Å². The molecule has 4 rings (SSSR count). The number of piperidine rings is 1. The van der Waals surface area contributed by atoms with Crippen LogP contribution in [0.15, 0.2) is 24.3 Å². The van der Waals surface area contributed by atoms with Crippen LogP contribution in [0, 0.1) is 5.41 Å². The summed E-state index contributed by atoms with van der Waals surface area (Å²) in [5, 5.41) is 7.23. The van der Waals surface area contributed by atoms with Crippen molar-refractivity contribution in [3.05, 3.63) is 34.9 Å². The first-order valence-electron chi connectivity index (χ1n) is 11.2. The van der Waals surface area contributed by atoms with E-state index in [1.807, 2.05) is 12.1 Å². The normalized spacial score (nSPS) is 23.8. The van der Waals surface area contributed by atoms with E-state index in [0.717, 1.165) is 63.6 Å². The number of likely N-dealkylation sites (tertiary alicyclic amines) is 1. The second-order valence-electron chi connectivity index (χ2n) is 9.18. The topological polar surface area (TPSA) is 53.6 Å². The molecule has 1 spiro atoms. The smallest absolute Gasteiger partial charge is 0.315 e. The lowest BCUT2D eigenvalue weighted by Gasteiger charge is -2.43. The van der Waals surface area contributed by atoms with Gasteiger partial charge in [0.15, 0.2) is 0 Å². The van der Waals surface area contributed by atoms with Crippen LogP contribution in [0.3, 0.4) is 0 Å². The molecule has 29 heavy (non-hydrogen) atoms. The summed E-state index contributed by atoms with van der Waals surface area (Å²) in [6, 6.07) is 8.71. The van der Waals surface area contributed by atoms with Crippen LogP contribution in [0.5, 0.6) is 0 Å². The number of ether oxygens (including phenoxy) is 1. The van der Waals surface area contributed by atoms with Crippen LogP contribution in [-0.4, -0.2) is 49.3 Å². The molecule has 2 heterocycles. The first kappa shape index (κ1) is 21.0. The molecule has 2 aliphatic heterocycles. The Balaban J connectivity index is 1.14. The highest BCUT2D eigenvalue weighted by Gasteiger charge is 2.37. The summed E-state index contributed by atoms with van der Waals surface area (Å²) in [6.45, 7) is 4.80. The van der Waals surface area contributed by atoms with E-state index in [-0.39, 0.29) is 12.1 Å². The molecule has 1 saturated carbocycles. The summed E-state index contributed by atoms with van der Waals surface area (Å²) >= 11 is 5.97. The molecule has 3 fully saturated rings. The van der Waals surface area contributed by atoms with Crippen molar-refractivity contribution in [1.82, 2.24) is 15.5 Å². The largest absolute Gasteiger partial charge is 0.381 e. The number of benzene rings is 1. The van der Waals surface area contributed by atoms with Gasteiger partial charge in [0.1, 0.15) is 0 Å². The third-order valence-corrected chi connectivity index (χ3v) is 7.43. The summed E-state index contributed by atoms with van der Waals surface area (Å²) in [5.41, 5.74) is 1.78. The van der Waals surface area contributed by atoms with Crippen molar-refractivity contribution in [3.63, 3.8) is 0 Å². The zero-order valence-corrected chi connectivity index (χ0v) is 18.1. The molecule has 2 saturated heterocycles. The van der Waals surface area contributed by atoms with E-state index in [2.05, 4.69) is 27.7 Å². The van der Waals surface area contributed by atoms with Crippen LogP contribution >= 0.6 is 11.6 Å². The van der Waals surface area contributed by atoms with Gasteiger partial charge in [0.2, 0.25) is 0 Å². The van der Waals surface area contributed by atoms with E-state index in [1.165, 1.54) is 31.2 Å². The number of nitrogens with zero attached hydrogens (tertiary/aromatic N) is 1. The van der Waals surface area contributed by atoms with Crippen molar-refractivity contribution in [2.24, 2.45) is 5.41 Å². The van der Waals surface area contributed by atoms with Crippen LogP contribution in [0.2, 0.25) is 5.02 Å². The maximum atomic E-state index is 12.5. The van der Waals surface area contributed by atoms with Gasteiger partial charge in [-0.2, -0.15) is 0 Å². The van der Waals surface area contributed by atoms with Crippen molar-refractivity contribution >= 4 is 17.6 Å². The van der Waals surface area contributed by atoms with Gasteiger partial charge >= 0.3 is 6.03 Å². The predicted octanol–water partition coefficient (Wildman–Crippen LogP) is 4.34. The average molecular weight is 420 g/mol. The Bertz CT molecular complexity index is 657. The zero-order chi connectivity index (χ0) is 20.1. The number of rotatable bonds is 4. The van der Waals surface area contributed by atoms with Gasteiger partial charge in [-0.3, -0.25) is 4.90 Å². The second-order valence-corrected chi connectivity index (χ2v) is 9.62. The van der Waals surface area contributed by atoms with Crippen molar-refractivity contribution in [3.8, 4) is 0 Å². The molecule has 3 aliphatic rings. The Morgan fingerprint density at radius 3 is 2.17 bits per heavy atom. The molecule has 0 aromatic heterocycles. The average Bonchev–Trinajstić information content (AvgIpc) is 2.74. The molecule has 160 valence electrons. The second kappa shape index (κ2) is 9.67. The van der Waals surface area contributed by atoms with E-state index in [0.29, 0.717) is 11.5 Å². The minimum Gasteiger partial charge on any atom is -0.381 e. The fourth-order valence-electron chi connectivity index (χ4n) is 5.17. The summed E-state index contributed by atoms with van der Waals surface area (Å²) in [5.74, 6) is 0. The van der Waals surface area contributed by atoms with Gasteiger partial charge < -0.3 is 15.4 Å². The van der Waals surface area contributed by atoms with Crippen molar-refractivity contribution in [1.29, 1.82) is 0 Å². The van der Waals surface area contributed by atoms with E-state index >= 15 is 0 Å². The molecule has 1 aromatic rings. The molecule has 0 radical (unpaired) electrons. The molecule has 1 aliphatic carbocycles. The van der Waals surface area contributed by atoms with Gasteiger partial charge in [-0.05, 0) is 74.5 Å². The lowest BCUT2D eigenvalue weighted by atomic mass is 9.68. The number of carbonyl (C=O) groups is 1. The van der Waals surface area contributed by atoms with Gasteiger partial charge in [-0.25, -0.2) is 4.79 Å². The molecule has 6 heteroatoms. The molecule has 0 unspecified atom stereocenters. The number of urea groups is 1. The monoisotopic (exact) mass is 419 g/mol. The van der Waals surface area contributed by atoms with Crippen LogP contribution in [0.1, 0.15) is 56.9 Å². The van der Waals surface area contributed by atoms with Gasteiger partial charge in [0, 0.05) is 50.0 Å². The predicted molar refractivity (Wildman–Crippen MR) is 116 cm³/mol. The van der Waals surface area contributed by atoms with E-state index in [4.69, 9.17) is 16.3 Å². The van der Waals surface area contributed by atoms with E-state index < -0.39 is 0 Å². The third-order valence-electron chi connectivity index (χ3n) is 7.18. The number of hydrogen-bond acceptors (Lipinski definition) is 3. The molecule has 5 nitrogen and oxygen atoms in total. The number of carbonyl (C=O) groups excluding carboxylic acids is 1. The van der Waals surface area contributed by atoms with Gasteiger partial charge in [-0.1, -0.05) is 23.7 Å². The van der Waals surface area contributed by atoms with E-state index in [1.54, 1.807) is 0 Å². The summed E-state index contributed by atoms with van der Waals surface area (Å²) in [7, 11) is 0. The number of nitrogens with one attached hydrogen (secondary N) is 2. The Kier molecular flexibility index (Phi) is 6.99. The minimum atomic E-state index is 0.0223. The fraction of sp³-hybridized carbons (Fsp3) is 0.696. The Morgan fingerprint density at radius 2 is 1.55 bits per heavy atom. The quantitative estimate of drug-likeness (QED) is 0.763. The van der Waals surface area contributed by atoms with E-state index in [9.17, 15) is 4.79 Å². The SMILES string of the molecule is O=C(NC1CCN(Cc2ccc(Cl)cc2)CC1)NC1CCC2(CCOCC2)CC1. The standard InChI is InChI=1S/C23H34ClN3O2/c24-19-3-1-18(2-4-19)17-27-13-7-21(8-14-27)26-22(28)25-20-5-9-23(10-6-20)11-15-29-16-12-23/h1-4,20-21H,5-17H2,(H2,25,26,28). The van der Waals surface area contributed by atoms with Crippen molar-refractivity contribution in [2.75, 3.05) is 26.3 Å². The highest BCUT2D eigenvalue weighted by molar-refractivity contribution is 6.30. The van der Waals surface area contributed by atoms with Crippen LogP contribution in [0.25, 0.3) is 0 Å². The Hall–Kier alpha value is -1.30. The fourth-order valence-corrected chi connectivity index (χ4v) is 5.30. The third kappa shape index (κ3) is 5.87. The van der Waals surface area contributed by atoms with Crippen LogP contribution < -0.4 is 10.6 Å². The highest BCUT2D eigenvalue weighted by atomic mass is 35.5. The van der Waals surface area contributed by atoms with Gasteiger partial charge in [0.05, 0.1) is 0 Å². The lowest BCUT2D eigenvalue weighted by Crippen LogP contribution is -2.51.